The van der Waals surface area contributed by atoms with Gasteiger partial charge in [0.1, 0.15) is 5.75 Å². The van der Waals surface area contributed by atoms with Crippen LogP contribution in [0.15, 0.2) is 52.0 Å². The highest BCUT2D eigenvalue weighted by Crippen LogP contribution is 2.32. The van der Waals surface area contributed by atoms with Gasteiger partial charge < -0.3 is 10.5 Å². The van der Waals surface area contributed by atoms with Crippen LogP contribution >= 0.6 is 27.5 Å². The van der Waals surface area contributed by atoms with Gasteiger partial charge >= 0.3 is 0 Å². The highest BCUT2D eigenvalue weighted by molar-refractivity contribution is 9.10. The molecule has 2 aromatic rings. The van der Waals surface area contributed by atoms with Gasteiger partial charge in [0.2, 0.25) is 0 Å². The van der Waals surface area contributed by atoms with Gasteiger partial charge in [0.05, 0.1) is 11.8 Å². The molecular weight excluding hydrogens is 340 g/mol. The Labute approximate surface area is 130 Å². The van der Waals surface area contributed by atoms with Crippen molar-refractivity contribution in [3.63, 3.8) is 0 Å². The first-order valence-corrected chi connectivity index (χ1v) is 7.37. The fraction of sp³-hybridized carbons (Fsp3) is 0.133. The quantitative estimate of drug-likeness (QED) is 0.849. The number of halogens is 2. The van der Waals surface area contributed by atoms with E-state index in [1.54, 1.807) is 6.07 Å². The van der Waals surface area contributed by atoms with Crippen LogP contribution in [0.25, 0.3) is 0 Å². The summed E-state index contributed by atoms with van der Waals surface area (Å²) in [5.74, 6) is 0.276. The van der Waals surface area contributed by atoms with Gasteiger partial charge in [-0.1, -0.05) is 39.7 Å². The molecule has 0 aliphatic carbocycles. The standard InChI is InChI=1S/C15H12BrClN2O/c16-10-3-6-15(20)12(7-10)14-8-13(18-19-14)9-1-4-11(17)5-2-9/h1-7,14,19-20H,8H2/t14-/m1/s1. The van der Waals surface area contributed by atoms with E-state index >= 15 is 0 Å². The van der Waals surface area contributed by atoms with Crippen molar-refractivity contribution < 1.29 is 5.11 Å². The van der Waals surface area contributed by atoms with Crippen molar-refractivity contribution in [3.8, 4) is 5.75 Å². The lowest BCUT2D eigenvalue weighted by Crippen LogP contribution is -2.10. The normalized spacial score (nSPS) is 17.7. The first-order valence-electron chi connectivity index (χ1n) is 6.20. The minimum atomic E-state index is -0.0156. The van der Waals surface area contributed by atoms with E-state index in [4.69, 9.17) is 11.6 Å². The van der Waals surface area contributed by atoms with Gasteiger partial charge in [0.15, 0.2) is 0 Å². The minimum Gasteiger partial charge on any atom is -0.508 e. The zero-order valence-electron chi connectivity index (χ0n) is 10.5. The smallest absolute Gasteiger partial charge is 0.120 e. The Morgan fingerprint density at radius 1 is 1.20 bits per heavy atom. The Bertz CT molecular complexity index is 670. The maximum atomic E-state index is 9.96. The third kappa shape index (κ3) is 2.67. The molecule has 2 N–H and O–H groups in total. The van der Waals surface area contributed by atoms with Gasteiger partial charge in [-0.2, -0.15) is 5.10 Å². The van der Waals surface area contributed by atoms with E-state index in [1.165, 1.54) is 0 Å². The summed E-state index contributed by atoms with van der Waals surface area (Å²) in [6, 6.07) is 13.0. The van der Waals surface area contributed by atoms with Crippen LogP contribution in [-0.4, -0.2) is 10.8 Å². The lowest BCUT2D eigenvalue weighted by molar-refractivity contribution is 0.455. The number of rotatable bonds is 2. The van der Waals surface area contributed by atoms with Gasteiger partial charge in [-0.05, 0) is 35.9 Å². The number of hydrogen-bond acceptors (Lipinski definition) is 3. The Morgan fingerprint density at radius 2 is 1.95 bits per heavy atom. The molecule has 0 radical (unpaired) electrons. The number of aromatic hydroxyl groups is 1. The van der Waals surface area contributed by atoms with E-state index in [0.29, 0.717) is 5.02 Å². The van der Waals surface area contributed by atoms with Gasteiger partial charge in [-0.25, -0.2) is 0 Å². The van der Waals surface area contributed by atoms with Crippen LogP contribution in [0.2, 0.25) is 5.02 Å². The number of hydrazone groups is 1. The molecule has 5 heteroatoms. The maximum Gasteiger partial charge on any atom is 0.120 e. The maximum absolute atomic E-state index is 9.96. The fourth-order valence-corrected chi connectivity index (χ4v) is 2.75. The lowest BCUT2D eigenvalue weighted by atomic mass is 9.98. The van der Waals surface area contributed by atoms with Crippen LogP contribution in [-0.2, 0) is 0 Å². The summed E-state index contributed by atoms with van der Waals surface area (Å²) in [7, 11) is 0. The highest BCUT2D eigenvalue weighted by Gasteiger charge is 2.23. The average molecular weight is 352 g/mol. The van der Waals surface area contributed by atoms with E-state index in [0.717, 1.165) is 27.7 Å². The number of hydrogen-bond donors (Lipinski definition) is 2. The second kappa shape index (κ2) is 5.46. The monoisotopic (exact) mass is 350 g/mol. The van der Waals surface area contributed by atoms with Crippen LogP contribution in [0.5, 0.6) is 5.75 Å². The van der Waals surface area contributed by atoms with Crippen molar-refractivity contribution in [3.05, 3.63) is 63.1 Å². The van der Waals surface area contributed by atoms with Crippen molar-refractivity contribution >= 4 is 33.2 Å². The molecule has 0 saturated carbocycles. The molecule has 2 aromatic carbocycles. The molecule has 0 spiro atoms. The number of nitrogens with one attached hydrogen (secondary N) is 1. The molecule has 0 amide bonds. The molecule has 1 aliphatic heterocycles. The van der Waals surface area contributed by atoms with E-state index < -0.39 is 0 Å². The van der Waals surface area contributed by atoms with E-state index in [-0.39, 0.29) is 11.8 Å². The molecule has 1 heterocycles. The SMILES string of the molecule is Oc1ccc(Br)cc1[C@H]1CC(c2ccc(Cl)cc2)=NN1. The fourth-order valence-electron chi connectivity index (χ4n) is 2.25. The van der Waals surface area contributed by atoms with Crippen molar-refractivity contribution in [1.29, 1.82) is 0 Å². The molecule has 1 aliphatic rings. The van der Waals surface area contributed by atoms with E-state index in [2.05, 4.69) is 26.5 Å². The van der Waals surface area contributed by atoms with E-state index in [1.807, 2.05) is 36.4 Å². The van der Waals surface area contributed by atoms with Crippen molar-refractivity contribution in [2.24, 2.45) is 5.10 Å². The number of benzene rings is 2. The highest BCUT2D eigenvalue weighted by atomic mass is 79.9. The number of phenolic OH excluding ortho intramolecular Hbond substituents is 1. The van der Waals surface area contributed by atoms with Crippen molar-refractivity contribution in [2.45, 2.75) is 12.5 Å². The second-order valence-electron chi connectivity index (χ2n) is 4.65. The summed E-state index contributed by atoms with van der Waals surface area (Å²) >= 11 is 9.31. The first kappa shape index (κ1) is 13.5. The molecule has 0 saturated heterocycles. The van der Waals surface area contributed by atoms with Crippen LogP contribution in [0, 0.1) is 0 Å². The summed E-state index contributed by atoms with van der Waals surface area (Å²) in [4.78, 5) is 0. The molecule has 0 aromatic heterocycles. The third-order valence-electron chi connectivity index (χ3n) is 3.30. The van der Waals surface area contributed by atoms with Crippen LogP contribution in [0.1, 0.15) is 23.6 Å². The van der Waals surface area contributed by atoms with Crippen LogP contribution in [0.4, 0.5) is 0 Å². The third-order valence-corrected chi connectivity index (χ3v) is 4.04. The molecule has 1 atom stereocenters. The summed E-state index contributed by atoms with van der Waals surface area (Å²) in [6.45, 7) is 0. The Balaban J connectivity index is 1.82. The second-order valence-corrected chi connectivity index (χ2v) is 6.01. The molecule has 3 nitrogen and oxygen atoms in total. The molecule has 0 bridgehead atoms. The Kier molecular flexibility index (Phi) is 3.68. The molecule has 0 fully saturated rings. The Hall–Kier alpha value is -1.52. The summed E-state index contributed by atoms with van der Waals surface area (Å²) < 4.78 is 0.937. The van der Waals surface area contributed by atoms with Gasteiger partial charge in [0.25, 0.3) is 0 Å². The Morgan fingerprint density at radius 3 is 2.70 bits per heavy atom. The first-order chi connectivity index (χ1) is 9.63. The number of nitrogens with zero attached hydrogens (tertiary/aromatic N) is 1. The topological polar surface area (TPSA) is 44.6 Å². The van der Waals surface area contributed by atoms with Crippen molar-refractivity contribution in [1.82, 2.24) is 5.43 Å². The molecule has 3 rings (SSSR count). The van der Waals surface area contributed by atoms with Gasteiger partial charge in [-0.3, -0.25) is 0 Å². The average Bonchev–Trinajstić information content (AvgIpc) is 2.92. The lowest BCUT2D eigenvalue weighted by Gasteiger charge is -2.12. The molecular formula is C15H12BrClN2O. The van der Waals surface area contributed by atoms with Gasteiger partial charge in [0, 0.05) is 21.5 Å². The van der Waals surface area contributed by atoms with Crippen LogP contribution in [0.3, 0.4) is 0 Å². The number of phenols is 1. The zero-order chi connectivity index (χ0) is 14.1. The molecule has 20 heavy (non-hydrogen) atoms. The van der Waals surface area contributed by atoms with Gasteiger partial charge in [-0.15, -0.1) is 0 Å². The predicted molar refractivity (Wildman–Crippen MR) is 84.3 cm³/mol. The van der Waals surface area contributed by atoms with E-state index in [9.17, 15) is 5.11 Å². The summed E-state index contributed by atoms with van der Waals surface area (Å²) in [6.07, 6.45) is 0.728. The largest absolute Gasteiger partial charge is 0.508 e. The van der Waals surface area contributed by atoms with Crippen LogP contribution < -0.4 is 5.43 Å². The summed E-state index contributed by atoms with van der Waals surface area (Å²) in [5, 5.41) is 15.0. The van der Waals surface area contributed by atoms with Crippen molar-refractivity contribution in [2.75, 3.05) is 0 Å². The zero-order valence-corrected chi connectivity index (χ0v) is 12.8. The molecule has 102 valence electrons. The molecule has 0 unspecified atom stereocenters. The minimum absolute atomic E-state index is 0.0156. The predicted octanol–water partition coefficient (Wildman–Crippen LogP) is 4.25. The summed E-state index contributed by atoms with van der Waals surface area (Å²) in [5.41, 5.74) is 5.92.